The van der Waals surface area contributed by atoms with Gasteiger partial charge in [0, 0.05) is 23.6 Å². The molecule has 1 saturated heterocycles. The van der Waals surface area contributed by atoms with Crippen molar-refractivity contribution >= 4 is 26.0 Å². The Morgan fingerprint density at radius 3 is 2.14 bits per heavy atom. The van der Waals surface area contributed by atoms with Gasteiger partial charge in [-0.05, 0) is 35.8 Å². The molecule has 0 aromatic heterocycles. The van der Waals surface area contributed by atoms with Crippen molar-refractivity contribution < 1.29 is 22.6 Å². The van der Waals surface area contributed by atoms with Crippen LogP contribution in [-0.2, 0) is 14.8 Å². The van der Waals surface area contributed by atoms with E-state index in [4.69, 9.17) is 14.2 Å². The van der Waals surface area contributed by atoms with Crippen LogP contribution in [0.5, 0.6) is 11.5 Å². The lowest BCUT2D eigenvalue weighted by molar-refractivity contribution is -0.0441. The van der Waals surface area contributed by atoms with Crippen molar-refractivity contribution in [3.05, 3.63) is 16.6 Å². The summed E-state index contributed by atoms with van der Waals surface area (Å²) in [6.07, 6.45) is -0.283. The second-order valence-corrected chi connectivity index (χ2v) is 7.98. The van der Waals surface area contributed by atoms with Gasteiger partial charge in [-0.3, -0.25) is 0 Å². The number of morpholine rings is 1. The third-order valence-corrected chi connectivity index (χ3v) is 6.23. The maximum atomic E-state index is 12.9. The maximum absolute atomic E-state index is 12.9. The number of halogens is 1. The van der Waals surface area contributed by atoms with Crippen molar-refractivity contribution in [3.63, 3.8) is 0 Å². The third-order valence-electron chi connectivity index (χ3n) is 3.44. The van der Waals surface area contributed by atoms with Crippen LogP contribution in [0.15, 0.2) is 21.5 Å². The van der Waals surface area contributed by atoms with E-state index < -0.39 is 10.0 Å². The lowest BCUT2D eigenvalue weighted by atomic mass is 10.3. The van der Waals surface area contributed by atoms with Crippen LogP contribution in [-0.4, -0.2) is 52.2 Å². The summed E-state index contributed by atoms with van der Waals surface area (Å²) in [6, 6.07) is 3.07. The number of methoxy groups -OCH3 is 2. The Morgan fingerprint density at radius 2 is 1.64 bits per heavy atom. The van der Waals surface area contributed by atoms with Crippen molar-refractivity contribution in [2.75, 3.05) is 27.3 Å². The molecule has 2 rings (SSSR count). The van der Waals surface area contributed by atoms with Gasteiger partial charge in [0.2, 0.25) is 10.0 Å². The Morgan fingerprint density at radius 1 is 1.14 bits per heavy atom. The number of ether oxygens (including phenoxy) is 3. The molecule has 22 heavy (non-hydrogen) atoms. The SMILES string of the molecule is COc1cc(Br)c(S(=O)(=O)N2C[C@@H](C)O[C@@H](C)C2)cc1OC. The first-order chi connectivity index (χ1) is 10.3. The van der Waals surface area contributed by atoms with Crippen molar-refractivity contribution in [1.29, 1.82) is 0 Å². The van der Waals surface area contributed by atoms with E-state index in [2.05, 4.69) is 15.9 Å². The molecule has 6 nitrogen and oxygen atoms in total. The standard InChI is InChI=1S/C14H20BrNO5S/c1-9-7-16(8-10(2)21-9)22(17,18)14-6-13(20-4)12(19-3)5-11(14)15/h5-6,9-10H,7-8H2,1-4H3/t9-,10+. The van der Waals surface area contributed by atoms with E-state index >= 15 is 0 Å². The Balaban J connectivity index is 2.45. The largest absolute Gasteiger partial charge is 0.493 e. The minimum Gasteiger partial charge on any atom is -0.493 e. The second-order valence-electron chi connectivity index (χ2n) is 5.22. The summed E-state index contributed by atoms with van der Waals surface area (Å²) >= 11 is 3.31. The van der Waals surface area contributed by atoms with Gasteiger partial charge in [-0.15, -0.1) is 0 Å². The molecular weight excluding hydrogens is 374 g/mol. The van der Waals surface area contributed by atoms with Crippen LogP contribution in [0.4, 0.5) is 0 Å². The molecule has 0 unspecified atom stereocenters. The molecule has 1 aliphatic heterocycles. The normalized spacial score (nSPS) is 23.3. The number of hydrogen-bond donors (Lipinski definition) is 0. The van der Waals surface area contributed by atoms with E-state index in [1.54, 1.807) is 6.07 Å². The number of sulfonamides is 1. The minimum atomic E-state index is -3.65. The minimum absolute atomic E-state index is 0.141. The van der Waals surface area contributed by atoms with Crippen LogP contribution < -0.4 is 9.47 Å². The molecule has 1 heterocycles. The fraction of sp³-hybridized carbons (Fsp3) is 0.571. The number of benzene rings is 1. The van der Waals surface area contributed by atoms with E-state index in [0.717, 1.165) is 0 Å². The van der Waals surface area contributed by atoms with E-state index in [9.17, 15) is 8.42 Å². The lowest BCUT2D eigenvalue weighted by Crippen LogP contribution is -2.48. The second kappa shape index (κ2) is 6.74. The molecule has 0 aliphatic carbocycles. The number of rotatable bonds is 4. The molecule has 0 bridgehead atoms. The van der Waals surface area contributed by atoms with Crippen LogP contribution in [0.3, 0.4) is 0 Å². The number of nitrogens with zero attached hydrogens (tertiary/aromatic N) is 1. The monoisotopic (exact) mass is 393 g/mol. The number of hydrogen-bond acceptors (Lipinski definition) is 5. The lowest BCUT2D eigenvalue weighted by Gasteiger charge is -2.34. The maximum Gasteiger partial charge on any atom is 0.244 e. The molecule has 0 radical (unpaired) electrons. The highest BCUT2D eigenvalue weighted by Crippen LogP contribution is 2.37. The van der Waals surface area contributed by atoms with E-state index in [1.807, 2.05) is 13.8 Å². The smallest absolute Gasteiger partial charge is 0.244 e. The summed E-state index contributed by atoms with van der Waals surface area (Å²) < 4.78 is 43.7. The molecule has 1 fully saturated rings. The van der Waals surface area contributed by atoms with Crippen LogP contribution in [0.1, 0.15) is 13.8 Å². The summed E-state index contributed by atoms with van der Waals surface area (Å²) in [5, 5.41) is 0. The molecule has 124 valence electrons. The highest BCUT2D eigenvalue weighted by molar-refractivity contribution is 9.10. The van der Waals surface area contributed by atoms with Crippen molar-refractivity contribution in [2.24, 2.45) is 0 Å². The fourth-order valence-corrected chi connectivity index (χ4v) is 5.09. The topological polar surface area (TPSA) is 65.1 Å². The zero-order valence-electron chi connectivity index (χ0n) is 13.0. The predicted octanol–water partition coefficient (Wildman–Crippen LogP) is 2.26. The van der Waals surface area contributed by atoms with Crippen LogP contribution >= 0.6 is 15.9 Å². The molecule has 0 amide bonds. The molecule has 2 atom stereocenters. The first-order valence-corrected chi connectivity index (χ1v) is 9.10. The van der Waals surface area contributed by atoms with Gasteiger partial charge in [0.05, 0.1) is 26.4 Å². The van der Waals surface area contributed by atoms with E-state index in [1.165, 1.54) is 24.6 Å². The molecule has 0 saturated carbocycles. The Bertz CT molecular complexity index is 639. The molecule has 1 aromatic carbocycles. The molecule has 8 heteroatoms. The van der Waals surface area contributed by atoms with Crippen molar-refractivity contribution in [1.82, 2.24) is 4.31 Å². The van der Waals surface area contributed by atoms with Gasteiger partial charge in [-0.25, -0.2) is 8.42 Å². The highest BCUT2D eigenvalue weighted by atomic mass is 79.9. The van der Waals surface area contributed by atoms with Gasteiger partial charge in [-0.2, -0.15) is 4.31 Å². The van der Waals surface area contributed by atoms with Gasteiger partial charge >= 0.3 is 0 Å². The summed E-state index contributed by atoms with van der Waals surface area (Å²) in [5.41, 5.74) is 0. The van der Waals surface area contributed by atoms with Crippen molar-refractivity contribution in [3.8, 4) is 11.5 Å². The predicted molar refractivity (Wildman–Crippen MR) is 86.0 cm³/mol. The zero-order valence-corrected chi connectivity index (χ0v) is 15.4. The first-order valence-electron chi connectivity index (χ1n) is 6.86. The van der Waals surface area contributed by atoms with Gasteiger partial charge in [0.25, 0.3) is 0 Å². The van der Waals surface area contributed by atoms with E-state index in [-0.39, 0.29) is 17.1 Å². The van der Waals surface area contributed by atoms with Crippen LogP contribution in [0.25, 0.3) is 0 Å². The molecule has 1 aromatic rings. The fourth-order valence-electron chi connectivity index (χ4n) is 2.50. The highest BCUT2D eigenvalue weighted by Gasteiger charge is 2.34. The van der Waals surface area contributed by atoms with Crippen LogP contribution in [0, 0.1) is 0 Å². The zero-order chi connectivity index (χ0) is 16.5. The van der Waals surface area contributed by atoms with Gasteiger partial charge < -0.3 is 14.2 Å². The summed E-state index contributed by atoms with van der Waals surface area (Å²) in [4.78, 5) is 0.159. The molecule has 1 aliphatic rings. The summed E-state index contributed by atoms with van der Waals surface area (Å²) in [5.74, 6) is 0.843. The average molecular weight is 394 g/mol. The van der Waals surface area contributed by atoms with E-state index in [0.29, 0.717) is 29.1 Å². The van der Waals surface area contributed by atoms with Crippen molar-refractivity contribution in [2.45, 2.75) is 31.0 Å². The van der Waals surface area contributed by atoms with Crippen LogP contribution in [0.2, 0.25) is 0 Å². The quantitative estimate of drug-likeness (QED) is 0.784. The summed E-state index contributed by atoms with van der Waals surface area (Å²) in [7, 11) is -0.668. The molecule has 0 N–H and O–H groups in total. The Hall–Kier alpha value is -0.830. The Labute approximate surface area is 139 Å². The van der Waals surface area contributed by atoms with Gasteiger partial charge in [0.1, 0.15) is 4.90 Å². The molecular formula is C14H20BrNO5S. The first kappa shape index (κ1) is 17.5. The molecule has 0 spiro atoms. The average Bonchev–Trinajstić information content (AvgIpc) is 2.45. The summed E-state index contributed by atoms with van der Waals surface area (Å²) in [6.45, 7) is 4.38. The van der Waals surface area contributed by atoms with Gasteiger partial charge in [-0.1, -0.05) is 0 Å². The van der Waals surface area contributed by atoms with Gasteiger partial charge in [0.15, 0.2) is 11.5 Å². The Kier molecular flexibility index (Phi) is 5.37. The third kappa shape index (κ3) is 3.40.